The first-order chi connectivity index (χ1) is 16.9. The molecule has 4 heteroatoms. The fourth-order valence-corrected chi connectivity index (χ4v) is 5.23. The molecule has 0 aliphatic carbocycles. The van der Waals surface area contributed by atoms with E-state index in [4.69, 9.17) is 14.7 Å². The summed E-state index contributed by atoms with van der Waals surface area (Å²) in [6.07, 6.45) is 3.96. The van der Waals surface area contributed by atoms with Crippen molar-refractivity contribution in [1.82, 2.24) is 9.97 Å². The number of aromatic nitrogens is 2. The van der Waals surface area contributed by atoms with Crippen molar-refractivity contribution in [3.8, 4) is 5.75 Å². The lowest BCUT2D eigenvalue weighted by molar-refractivity contribution is 0.103. The van der Waals surface area contributed by atoms with Gasteiger partial charge >= 0.3 is 0 Å². The third kappa shape index (κ3) is 3.66. The van der Waals surface area contributed by atoms with Crippen molar-refractivity contribution in [2.75, 3.05) is 0 Å². The number of carbonyl (C=O) groups is 1. The molecule has 1 aliphatic rings. The number of rotatable bonds is 3. The summed E-state index contributed by atoms with van der Waals surface area (Å²) in [5.74, 6) is 0.889. The highest BCUT2D eigenvalue weighted by molar-refractivity contribution is 6.12. The molecule has 5 aromatic rings. The van der Waals surface area contributed by atoms with Gasteiger partial charge in [-0.05, 0) is 57.9 Å². The van der Waals surface area contributed by atoms with E-state index in [1.54, 1.807) is 0 Å². The van der Waals surface area contributed by atoms with Crippen LogP contribution in [0.4, 0.5) is 0 Å². The van der Waals surface area contributed by atoms with Crippen LogP contribution in [0.2, 0.25) is 0 Å². The summed E-state index contributed by atoms with van der Waals surface area (Å²) in [5, 5.41) is 2.06. The first-order valence-electron chi connectivity index (χ1n) is 12.0. The third-order valence-electron chi connectivity index (χ3n) is 6.75. The van der Waals surface area contributed by atoms with E-state index in [1.807, 2.05) is 60.7 Å². The summed E-state index contributed by atoms with van der Waals surface area (Å²) in [6.45, 7) is 6.37. The summed E-state index contributed by atoms with van der Waals surface area (Å²) in [5.41, 5.74) is 6.51. The molecule has 0 spiro atoms. The quantitative estimate of drug-likeness (QED) is 0.124. The van der Waals surface area contributed by atoms with Crippen molar-refractivity contribution >= 4 is 38.6 Å². The SMILES string of the molecule is CC(C)=CC1(C)CCc2c(c3ccccc3c3nc4cc(C(=O)c5ccccc5)ccc4nc23)O1. The van der Waals surface area contributed by atoms with Crippen LogP contribution in [-0.4, -0.2) is 21.4 Å². The minimum Gasteiger partial charge on any atom is -0.482 e. The van der Waals surface area contributed by atoms with Crippen molar-refractivity contribution < 1.29 is 9.53 Å². The summed E-state index contributed by atoms with van der Waals surface area (Å²) in [4.78, 5) is 23.1. The molecule has 2 heterocycles. The molecule has 1 unspecified atom stereocenters. The van der Waals surface area contributed by atoms with Gasteiger partial charge in [0.15, 0.2) is 5.78 Å². The zero-order valence-electron chi connectivity index (χ0n) is 20.1. The molecule has 0 bridgehead atoms. The highest BCUT2D eigenvalue weighted by Crippen LogP contribution is 2.44. The molecule has 0 saturated heterocycles. The Morgan fingerprint density at radius 1 is 0.857 bits per heavy atom. The number of nitrogens with zero attached hydrogens (tertiary/aromatic N) is 2. The predicted molar refractivity (Wildman–Crippen MR) is 141 cm³/mol. The maximum absolute atomic E-state index is 13.0. The van der Waals surface area contributed by atoms with Crippen LogP contribution in [-0.2, 0) is 6.42 Å². The topological polar surface area (TPSA) is 52.1 Å². The van der Waals surface area contributed by atoms with Crippen LogP contribution >= 0.6 is 0 Å². The van der Waals surface area contributed by atoms with Crippen LogP contribution in [0, 0.1) is 0 Å². The first-order valence-corrected chi connectivity index (χ1v) is 12.0. The van der Waals surface area contributed by atoms with E-state index in [9.17, 15) is 4.79 Å². The van der Waals surface area contributed by atoms with E-state index in [0.29, 0.717) is 11.1 Å². The van der Waals surface area contributed by atoms with E-state index < -0.39 is 0 Å². The second-order valence-electron chi connectivity index (χ2n) is 9.81. The van der Waals surface area contributed by atoms with E-state index in [1.165, 1.54) is 5.57 Å². The standard InChI is InChI=1S/C31H26N2O2/c1-19(2)18-31(3)16-15-24-28-27(22-11-7-8-12-23(22)30(24)35-31)33-26-17-21(13-14-25(26)32-28)29(34)20-9-5-4-6-10-20/h4-14,17-18H,15-16H2,1-3H3. The van der Waals surface area contributed by atoms with Gasteiger partial charge in [0.1, 0.15) is 11.4 Å². The molecule has 1 aliphatic heterocycles. The number of carbonyl (C=O) groups excluding carboxylic acids is 1. The number of aryl methyl sites for hydroxylation is 1. The maximum atomic E-state index is 13.0. The molecule has 6 rings (SSSR count). The number of fused-ring (bicyclic) bond motifs is 7. The molecule has 4 aromatic carbocycles. The highest BCUT2D eigenvalue weighted by atomic mass is 16.5. The molecular weight excluding hydrogens is 432 g/mol. The van der Waals surface area contributed by atoms with Gasteiger partial charge in [-0.1, -0.05) is 60.2 Å². The van der Waals surface area contributed by atoms with E-state index in [-0.39, 0.29) is 11.4 Å². The van der Waals surface area contributed by atoms with Gasteiger partial charge in [-0.3, -0.25) is 4.79 Å². The van der Waals surface area contributed by atoms with Crippen molar-refractivity contribution in [1.29, 1.82) is 0 Å². The van der Waals surface area contributed by atoms with Gasteiger partial charge in [-0.25, -0.2) is 9.97 Å². The third-order valence-corrected chi connectivity index (χ3v) is 6.75. The Morgan fingerprint density at radius 3 is 2.34 bits per heavy atom. The zero-order valence-corrected chi connectivity index (χ0v) is 20.1. The summed E-state index contributed by atoms with van der Waals surface area (Å²) >= 11 is 0. The second-order valence-corrected chi connectivity index (χ2v) is 9.81. The van der Waals surface area contributed by atoms with Crippen LogP contribution in [0.25, 0.3) is 32.8 Å². The fraction of sp³-hybridized carbons (Fsp3) is 0.194. The number of allylic oxidation sites excluding steroid dienone is 1. The molecule has 0 amide bonds. The molecule has 172 valence electrons. The van der Waals surface area contributed by atoms with Crippen molar-refractivity contribution in [2.45, 2.75) is 39.2 Å². The predicted octanol–water partition coefficient (Wildman–Crippen LogP) is 7.22. The average Bonchev–Trinajstić information content (AvgIpc) is 2.87. The summed E-state index contributed by atoms with van der Waals surface area (Å²) < 4.78 is 6.67. The first kappa shape index (κ1) is 21.5. The lowest BCUT2D eigenvalue weighted by atomic mass is 9.88. The Hall–Kier alpha value is -4.05. The maximum Gasteiger partial charge on any atom is 0.193 e. The molecule has 4 nitrogen and oxygen atoms in total. The van der Waals surface area contributed by atoms with Gasteiger partial charge in [0.05, 0.1) is 22.1 Å². The Labute approximate surface area is 204 Å². The number of ketones is 1. The Balaban J connectivity index is 1.57. The molecule has 0 N–H and O–H groups in total. The van der Waals surface area contributed by atoms with Gasteiger partial charge in [0.25, 0.3) is 0 Å². The van der Waals surface area contributed by atoms with E-state index >= 15 is 0 Å². The van der Waals surface area contributed by atoms with Gasteiger partial charge < -0.3 is 4.74 Å². The number of hydrogen-bond acceptors (Lipinski definition) is 4. The van der Waals surface area contributed by atoms with Crippen LogP contribution in [0.5, 0.6) is 5.75 Å². The number of hydrogen-bond donors (Lipinski definition) is 0. The van der Waals surface area contributed by atoms with Gasteiger partial charge in [-0.2, -0.15) is 0 Å². The fourth-order valence-electron chi connectivity index (χ4n) is 5.23. The monoisotopic (exact) mass is 458 g/mol. The number of ether oxygens (including phenoxy) is 1. The van der Waals surface area contributed by atoms with Crippen LogP contribution in [0.1, 0.15) is 48.7 Å². The molecule has 35 heavy (non-hydrogen) atoms. The molecule has 0 radical (unpaired) electrons. The molecular formula is C31H26N2O2. The van der Waals surface area contributed by atoms with E-state index in [0.717, 1.165) is 57.0 Å². The Bertz CT molecular complexity index is 1670. The molecule has 1 atom stereocenters. The van der Waals surface area contributed by atoms with Crippen molar-refractivity contribution in [2.24, 2.45) is 0 Å². The largest absolute Gasteiger partial charge is 0.482 e. The van der Waals surface area contributed by atoms with Crippen LogP contribution in [0.3, 0.4) is 0 Å². The van der Waals surface area contributed by atoms with Crippen molar-refractivity contribution in [3.05, 3.63) is 101 Å². The number of benzene rings is 4. The smallest absolute Gasteiger partial charge is 0.193 e. The average molecular weight is 459 g/mol. The van der Waals surface area contributed by atoms with E-state index in [2.05, 4.69) is 39.0 Å². The Morgan fingerprint density at radius 2 is 1.57 bits per heavy atom. The molecule has 0 fully saturated rings. The van der Waals surface area contributed by atoms with Gasteiger partial charge in [0.2, 0.25) is 0 Å². The summed E-state index contributed by atoms with van der Waals surface area (Å²) in [6, 6.07) is 23.2. The Kier molecular flexibility index (Phi) is 4.92. The summed E-state index contributed by atoms with van der Waals surface area (Å²) in [7, 11) is 0. The van der Waals surface area contributed by atoms with Crippen LogP contribution < -0.4 is 4.74 Å². The van der Waals surface area contributed by atoms with Gasteiger partial charge in [0, 0.05) is 27.5 Å². The minimum absolute atomic E-state index is 0.0170. The zero-order chi connectivity index (χ0) is 24.2. The lowest BCUT2D eigenvalue weighted by Crippen LogP contribution is -2.34. The molecule has 1 aromatic heterocycles. The highest BCUT2D eigenvalue weighted by Gasteiger charge is 2.32. The van der Waals surface area contributed by atoms with Gasteiger partial charge in [-0.15, -0.1) is 0 Å². The lowest BCUT2D eigenvalue weighted by Gasteiger charge is -2.35. The second kappa shape index (κ2) is 8.02. The molecule has 0 saturated carbocycles. The van der Waals surface area contributed by atoms with Crippen LogP contribution in [0.15, 0.2) is 84.4 Å². The normalized spacial score (nSPS) is 17.2. The minimum atomic E-state index is -0.348. The van der Waals surface area contributed by atoms with Crippen molar-refractivity contribution in [3.63, 3.8) is 0 Å².